The zero-order chi connectivity index (χ0) is 8.39. The van der Waals surface area contributed by atoms with Gasteiger partial charge in [0.15, 0.2) is 5.13 Å². The van der Waals surface area contributed by atoms with Gasteiger partial charge in [-0.2, -0.15) is 11.3 Å². The molecular weight excluding hydrogens is 188 g/mol. The first-order chi connectivity index (χ1) is 5.84. The standard InChI is InChI=1S/C8H8N2S2/c9-8-10-4-7(12-8)3-6-1-2-11-5-6/h1-2,4-5H,3H2,(H2,9,10). The SMILES string of the molecule is Nc1ncc(Cc2ccsc2)s1. The van der Waals surface area contributed by atoms with Crippen molar-refractivity contribution in [2.75, 3.05) is 5.73 Å². The van der Waals surface area contributed by atoms with Crippen LogP contribution < -0.4 is 5.73 Å². The lowest BCUT2D eigenvalue weighted by atomic mass is 10.2. The van der Waals surface area contributed by atoms with Crippen LogP contribution in [0.15, 0.2) is 23.0 Å². The summed E-state index contributed by atoms with van der Waals surface area (Å²) in [7, 11) is 0. The quantitative estimate of drug-likeness (QED) is 0.801. The zero-order valence-corrected chi connectivity index (χ0v) is 7.99. The second-order valence-electron chi connectivity index (χ2n) is 2.47. The van der Waals surface area contributed by atoms with E-state index < -0.39 is 0 Å². The monoisotopic (exact) mass is 196 g/mol. The van der Waals surface area contributed by atoms with Crippen LogP contribution in [0.4, 0.5) is 5.13 Å². The van der Waals surface area contributed by atoms with Crippen molar-refractivity contribution in [3.63, 3.8) is 0 Å². The fourth-order valence-electron chi connectivity index (χ4n) is 0.999. The van der Waals surface area contributed by atoms with Crippen molar-refractivity contribution in [1.82, 2.24) is 4.98 Å². The van der Waals surface area contributed by atoms with Gasteiger partial charge in [-0.1, -0.05) is 0 Å². The Balaban J connectivity index is 2.14. The van der Waals surface area contributed by atoms with Gasteiger partial charge in [-0.15, -0.1) is 11.3 Å². The second-order valence-corrected chi connectivity index (χ2v) is 4.40. The van der Waals surface area contributed by atoms with E-state index in [0.29, 0.717) is 5.13 Å². The van der Waals surface area contributed by atoms with E-state index >= 15 is 0 Å². The fourth-order valence-corrected chi connectivity index (χ4v) is 2.39. The molecule has 0 unspecified atom stereocenters. The van der Waals surface area contributed by atoms with Crippen molar-refractivity contribution in [3.05, 3.63) is 33.5 Å². The van der Waals surface area contributed by atoms with Gasteiger partial charge >= 0.3 is 0 Å². The molecule has 0 fully saturated rings. The largest absolute Gasteiger partial charge is 0.375 e. The first kappa shape index (κ1) is 7.76. The first-order valence-electron chi connectivity index (χ1n) is 3.56. The third-order valence-corrected chi connectivity index (χ3v) is 3.09. The topological polar surface area (TPSA) is 38.9 Å². The minimum absolute atomic E-state index is 0.653. The van der Waals surface area contributed by atoms with Gasteiger partial charge in [0.1, 0.15) is 0 Å². The van der Waals surface area contributed by atoms with E-state index in [0.717, 1.165) is 6.42 Å². The Labute approximate surface area is 78.7 Å². The summed E-state index contributed by atoms with van der Waals surface area (Å²) < 4.78 is 0. The van der Waals surface area contributed by atoms with Crippen molar-refractivity contribution in [2.45, 2.75) is 6.42 Å². The van der Waals surface area contributed by atoms with Crippen LogP contribution in [0.1, 0.15) is 10.4 Å². The summed E-state index contributed by atoms with van der Waals surface area (Å²) in [5.74, 6) is 0. The number of thiazole rings is 1. The molecule has 0 saturated heterocycles. The molecule has 2 rings (SSSR count). The zero-order valence-electron chi connectivity index (χ0n) is 6.36. The number of rotatable bonds is 2. The van der Waals surface area contributed by atoms with E-state index in [4.69, 9.17) is 5.73 Å². The Kier molecular flexibility index (Phi) is 2.10. The maximum absolute atomic E-state index is 5.52. The predicted octanol–water partition coefficient (Wildman–Crippen LogP) is 2.38. The molecule has 0 saturated carbocycles. The summed E-state index contributed by atoms with van der Waals surface area (Å²) >= 11 is 3.28. The van der Waals surface area contributed by atoms with Gasteiger partial charge in [0, 0.05) is 17.5 Å². The molecule has 2 heterocycles. The predicted molar refractivity (Wildman–Crippen MR) is 53.7 cm³/mol. The second kappa shape index (κ2) is 3.25. The number of nitrogen functional groups attached to an aromatic ring is 1. The third-order valence-electron chi connectivity index (χ3n) is 1.53. The molecule has 0 radical (unpaired) electrons. The average Bonchev–Trinajstić information content (AvgIpc) is 2.63. The average molecular weight is 196 g/mol. The Morgan fingerprint density at radius 3 is 3.00 bits per heavy atom. The minimum atomic E-state index is 0.653. The summed E-state index contributed by atoms with van der Waals surface area (Å²) in [6.07, 6.45) is 2.80. The van der Waals surface area contributed by atoms with Gasteiger partial charge in [-0.05, 0) is 22.4 Å². The highest BCUT2D eigenvalue weighted by Gasteiger charge is 1.99. The summed E-state index contributed by atoms with van der Waals surface area (Å²) in [5.41, 5.74) is 6.85. The molecule has 0 atom stereocenters. The summed E-state index contributed by atoms with van der Waals surface area (Å²) in [6, 6.07) is 2.13. The molecule has 0 bridgehead atoms. The van der Waals surface area contributed by atoms with Crippen LogP contribution in [0.25, 0.3) is 0 Å². The molecule has 12 heavy (non-hydrogen) atoms. The van der Waals surface area contributed by atoms with Crippen LogP contribution in [0.5, 0.6) is 0 Å². The highest BCUT2D eigenvalue weighted by molar-refractivity contribution is 7.15. The molecule has 0 aromatic carbocycles. The Morgan fingerprint density at radius 2 is 2.42 bits per heavy atom. The van der Waals surface area contributed by atoms with Crippen molar-refractivity contribution < 1.29 is 0 Å². The molecule has 0 aliphatic rings. The first-order valence-corrected chi connectivity index (χ1v) is 5.32. The Hall–Kier alpha value is -0.870. The van der Waals surface area contributed by atoms with E-state index in [1.54, 1.807) is 22.7 Å². The van der Waals surface area contributed by atoms with Crippen molar-refractivity contribution in [1.29, 1.82) is 0 Å². The molecule has 0 spiro atoms. The van der Waals surface area contributed by atoms with Crippen molar-refractivity contribution >= 4 is 27.8 Å². The third kappa shape index (κ3) is 1.65. The lowest BCUT2D eigenvalue weighted by Crippen LogP contribution is -1.78. The molecule has 2 N–H and O–H groups in total. The molecule has 2 aromatic rings. The highest BCUT2D eigenvalue weighted by atomic mass is 32.1. The van der Waals surface area contributed by atoms with E-state index in [1.807, 2.05) is 6.20 Å². The molecule has 4 heteroatoms. The normalized spacial score (nSPS) is 10.3. The van der Waals surface area contributed by atoms with E-state index in [1.165, 1.54) is 10.4 Å². The molecule has 62 valence electrons. The van der Waals surface area contributed by atoms with Crippen molar-refractivity contribution in [2.24, 2.45) is 0 Å². The number of thiophene rings is 1. The van der Waals surface area contributed by atoms with Crippen LogP contribution in [-0.4, -0.2) is 4.98 Å². The maximum Gasteiger partial charge on any atom is 0.180 e. The van der Waals surface area contributed by atoms with E-state index in [-0.39, 0.29) is 0 Å². The van der Waals surface area contributed by atoms with Crippen LogP contribution >= 0.6 is 22.7 Å². The highest BCUT2D eigenvalue weighted by Crippen LogP contribution is 2.19. The van der Waals surface area contributed by atoms with Gasteiger partial charge in [-0.25, -0.2) is 4.98 Å². The summed E-state index contributed by atoms with van der Waals surface area (Å²) in [5, 5.41) is 4.88. The number of hydrogen-bond donors (Lipinski definition) is 1. The maximum atomic E-state index is 5.52. The molecule has 0 aliphatic carbocycles. The lowest BCUT2D eigenvalue weighted by Gasteiger charge is -1.89. The molecular formula is C8H8N2S2. The smallest absolute Gasteiger partial charge is 0.180 e. The van der Waals surface area contributed by atoms with Crippen LogP contribution in [0, 0.1) is 0 Å². The van der Waals surface area contributed by atoms with Gasteiger partial charge < -0.3 is 5.73 Å². The van der Waals surface area contributed by atoms with Gasteiger partial charge in [0.2, 0.25) is 0 Å². The van der Waals surface area contributed by atoms with Crippen LogP contribution in [-0.2, 0) is 6.42 Å². The van der Waals surface area contributed by atoms with Crippen LogP contribution in [0.3, 0.4) is 0 Å². The van der Waals surface area contributed by atoms with Gasteiger partial charge in [0.05, 0.1) is 0 Å². The molecule has 0 aliphatic heterocycles. The van der Waals surface area contributed by atoms with E-state index in [9.17, 15) is 0 Å². The lowest BCUT2D eigenvalue weighted by molar-refractivity contribution is 1.24. The number of nitrogens with two attached hydrogens (primary N) is 1. The minimum Gasteiger partial charge on any atom is -0.375 e. The van der Waals surface area contributed by atoms with Crippen molar-refractivity contribution in [3.8, 4) is 0 Å². The van der Waals surface area contributed by atoms with Gasteiger partial charge in [0.25, 0.3) is 0 Å². The summed E-state index contributed by atoms with van der Waals surface area (Å²) in [6.45, 7) is 0. The van der Waals surface area contributed by atoms with Crippen LogP contribution in [0.2, 0.25) is 0 Å². The Morgan fingerprint density at radius 1 is 1.50 bits per heavy atom. The molecule has 0 amide bonds. The van der Waals surface area contributed by atoms with E-state index in [2.05, 4.69) is 21.8 Å². The fraction of sp³-hybridized carbons (Fsp3) is 0.125. The number of hydrogen-bond acceptors (Lipinski definition) is 4. The number of nitrogens with zero attached hydrogens (tertiary/aromatic N) is 1. The molecule has 2 aromatic heterocycles. The van der Waals surface area contributed by atoms with Gasteiger partial charge in [-0.3, -0.25) is 0 Å². The Bertz CT molecular complexity index is 351. The number of anilines is 1. The molecule has 2 nitrogen and oxygen atoms in total. The summed E-state index contributed by atoms with van der Waals surface area (Å²) in [4.78, 5) is 5.22. The number of aromatic nitrogens is 1.